The van der Waals surface area contributed by atoms with E-state index in [-0.39, 0.29) is 0 Å². The number of unbranched alkanes of at least 4 members (excludes halogenated alkanes) is 28. The van der Waals surface area contributed by atoms with Gasteiger partial charge in [-0.05, 0) is 38.5 Å². The van der Waals surface area contributed by atoms with Crippen LogP contribution in [0.3, 0.4) is 0 Å². The molecule has 2 nitrogen and oxygen atoms in total. The number of alkyl halides is 2. The number of ether oxygens (including phenoxy) is 2. The van der Waals surface area contributed by atoms with Crippen molar-refractivity contribution in [3.63, 3.8) is 0 Å². The molecular weight excluding hydrogens is 623 g/mol. The molecule has 0 aromatic heterocycles. The van der Waals surface area contributed by atoms with Gasteiger partial charge in [0.25, 0.3) is 0 Å². The van der Waals surface area contributed by atoms with Crippen molar-refractivity contribution in [2.45, 2.75) is 257 Å². The van der Waals surface area contributed by atoms with E-state index in [1.165, 1.54) is 154 Å². The second-order valence-corrected chi connectivity index (χ2v) is 15.6. The molecule has 0 fully saturated rings. The van der Waals surface area contributed by atoms with Crippen LogP contribution in [0.5, 0.6) is 0 Å². The molecular formula is C46H90F2O2. The molecule has 50 heavy (non-hydrogen) atoms. The Balaban J connectivity index is 3.24. The summed E-state index contributed by atoms with van der Waals surface area (Å²) in [4.78, 5) is 0. The molecule has 0 saturated carbocycles. The van der Waals surface area contributed by atoms with E-state index in [0.29, 0.717) is 13.2 Å². The Hall–Kier alpha value is -0.480. The summed E-state index contributed by atoms with van der Waals surface area (Å²) < 4.78 is 39.8. The zero-order valence-electron chi connectivity index (χ0n) is 34.2. The van der Waals surface area contributed by atoms with Gasteiger partial charge in [-0.25, -0.2) is 8.78 Å². The lowest BCUT2D eigenvalue weighted by atomic mass is 10.0. The third-order valence-electron chi connectivity index (χ3n) is 10.4. The summed E-state index contributed by atoms with van der Waals surface area (Å²) in [5.41, 5.74) is 0. The first-order chi connectivity index (χ1) is 24.7. The first-order valence-corrected chi connectivity index (χ1v) is 22.8. The van der Waals surface area contributed by atoms with Gasteiger partial charge >= 0.3 is 0 Å². The predicted molar refractivity (Wildman–Crippen MR) is 218 cm³/mol. The Bertz CT molecular complexity index is 575. The largest absolute Gasteiger partial charge is 0.377 e. The highest BCUT2D eigenvalue weighted by Crippen LogP contribution is 2.18. The quantitative estimate of drug-likeness (QED) is 0.0462. The summed E-state index contributed by atoms with van der Waals surface area (Å²) in [6.07, 6.45) is 46.4. The molecule has 0 aromatic carbocycles. The fourth-order valence-electron chi connectivity index (χ4n) is 6.99. The zero-order valence-corrected chi connectivity index (χ0v) is 34.2. The van der Waals surface area contributed by atoms with Gasteiger partial charge in [-0.3, -0.25) is 0 Å². The summed E-state index contributed by atoms with van der Waals surface area (Å²) in [6, 6.07) is 0. The fraction of sp³-hybridized carbons (Fsp3) is 0.957. The molecule has 0 aliphatic heterocycles. The minimum atomic E-state index is -0.590. The number of halogens is 2. The summed E-state index contributed by atoms with van der Waals surface area (Å²) >= 11 is 0. The molecule has 4 heteroatoms. The van der Waals surface area contributed by atoms with Gasteiger partial charge in [0.1, 0.15) is 12.3 Å². The maximum atomic E-state index is 14.2. The molecule has 0 rings (SSSR count). The Morgan fingerprint density at radius 1 is 0.320 bits per heavy atom. The molecule has 300 valence electrons. The standard InChI is InChI=1S/C46H90F2O2/c1-3-5-7-9-11-13-15-17-19-23-29-37-45(47)39-31-25-21-27-33-41-49-43-35-36-44-50-42-34-28-22-26-32-40-46(48)38-30-24-20-18-16-14-12-10-8-6-4-2/h35-36,45-46H,3-34,37-44H2,1-2H3/b36-35+. The van der Waals surface area contributed by atoms with Crippen LogP contribution in [0.4, 0.5) is 8.78 Å². The zero-order chi connectivity index (χ0) is 36.3. The van der Waals surface area contributed by atoms with Crippen LogP contribution >= 0.6 is 0 Å². The highest BCUT2D eigenvalue weighted by Gasteiger charge is 2.07. The monoisotopic (exact) mass is 713 g/mol. The minimum Gasteiger partial charge on any atom is -0.377 e. The van der Waals surface area contributed by atoms with Gasteiger partial charge in [0, 0.05) is 13.2 Å². The van der Waals surface area contributed by atoms with Crippen LogP contribution in [-0.2, 0) is 9.47 Å². The number of hydrogen-bond donors (Lipinski definition) is 0. The molecule has 0 saturated heterocycles. The second-order valence-electron chi connectivity index (χ2n) is 15.6. The molecule has 0 aliphatic carbocycles. The van der Waals surface area contributed by atoms with E-state index in [1.54, 1.807) is 0 Å². The third-order valence-corrected chi connectivity index (χ3v) is 10.4. The maximum Gasteiger partial charge on any atom is 0.100 e. The Morgan fingerprint density at radius 3 is 0.800 bits per heavy atom. The van der Waals surface area contributed by atoms with Crippen LogP contribution in [0.1, 0.15) is 245 Å². The van der Waals surface area contributed by atoms with Crippen molar-refractivity contribution < 1.29 is 18.3 Å². The number of rotatable bonds is 44. The topological polar surface area (TPSA) is 18.5 Å². The second kappa shape index (κ2) is 44.7. The van der Waals surface area contributed by atoms with Crippen molar-refractivity contribution in [1.29, 1.82) is 0 Å². The van der Waals surface area contributed by atoms with Gasteiger partial charge in [0.2, 0.25) is 0 Å². The molecule has 0 bridgehead atoms. The van der Waals surface area contributed by atoms with Crippen molar-refractivity contribution in [3.8, 4) is 0 Å². The van der Waals surface area contributed by atoms with Crippen LogP contribution < -0.4 is 0 Å². The van der Waals surface area contributed by atoms with E-state index in [1.807, 2.05) is 0 Å². The van der Waals surface area contributed by atoms with Gasteiger partial charge in [-0.2, -0.15) is 0 Å². The molecule has 2 unspecified atom stereocenters. The molecule has 0 heterocycles. The van der Waals surface area contributed by atoms with Crippen LogP contribution in [0.25, 0.3) is 0 Å². The van der Waals surface area contributed by atoms with E-state index < -0.39 is 12.3 Å². The SMILES string of the molecule is CCCCCCCCCCCCCC(F)CCCCCCCOC/C=C/COCCCCCCCC(F)CCCCCCCCCCCCC. The molecule has 0 aliphatic rings. The van der Waals surface area contributed by atoms with Crippen LogP contribution in [0, 0.1) is 0 Å². The lowest BCUT2D eigenvalue weighted by Crippen LogP contribution is -2.00. The van der Waals surface area contributed by atoms with E-state index in [0.717, 1.165) is 90.3 Å². The molecule has 0 radical (unpaired) electrons. The highest BCUT2D eigenvalue weighted by molar-refractivity contribution is 4.81. The third kappa shape index (κ3) is 43.7. The summed E-state index contributed by atoms with van der Waals surface area (Å²) in [5.74, 6) is 0. The molecule has 0 aromatic rings. The van der Waals surface area contributed by atoms with Gasteiger partial charge in [-0.1, -0.05) is 219 Å². The normalized spacial score (nSPS) is 13.1. The van der Waals surface area contributed by atoms with Gasteiger partial charge in [0.05, 0.1) is 13.2 Å². The predicted octanol–water partition coefficient (Wildman–Crippen LogP) is 16.3. The molecule has 0 spiro atoms. The van der Waals surface area contributed by atoms with E-state index in [9.17, 15) is 8.78 Å². The van der Waals surface area contributed by atoms with Crippen LogP contribution in [0.15, 0.2) is 12.2 Å². The highest BCUT2D eigenvalue weighted by atomic mass is 19.1. The van der Waals surface area contributed by atoms with E-state index in [2.05, 4.69) is 26.0 Å². The van der Waals surface area contributed by atoms with E-state index >= 15 is 0 Å². The summed E-state index contributed by atoms with van der Waals surface area (Å²) in [7, 11) is 0. The van der Waals surface area contributed by atoms with Crippen molar-refractivity contribution in [1.82, 2.24) is 0 Å². The van der Waals surface area contributed by atoms with Gasteiger partial charge in [-0.15, -0.1) is 0 Å². The minimum absolute atomic E-state index is 0.590. The molecule has 0 N–H and O–H groups in total. The lowest BCUT2D eigenvalue weighted by molar-refractivity contribution is 0.149. The van der Waals surface area contributed by atoms with Crippen molar-refractivity contribution >= 4 is 0 Å². The van der Waals surface area contributed by atoms with Crippen LogP contribution in [0.2, 0.25) is 0 Å². The fourth-order valence-corrected chi connectivity index (χ4v) is 6.99. The van der Waals surface area contributed by atoms with Crippen molar-refractivity contribution in [3.05, 3.63) is 12.2 Å². The number of hydrogen-bond acceptors (Lipinski definition) is 2. The Labute approximate surface area is 313 Å². The summed E-state index contributed by atoms with van der Waals surface area (Å²) in [6.45, 7) is 7.46. The summed E-state index contributed by atoms with van der Waals surface area (Å²) in [5, 5.41) is 0. The molecule has 2 atom stereocenters. The Kier molecular flexibility index (Phi) is 44.3. The average molecular weight is 713 g/mol. The van der Waals surface area contributed by atoms with Crippen molar-refractivity contribution in [2.24, 2.45) is 0 Å². The van der Waals surface area contributed by atoms with E-state index in [4.69, 9.17) is 9.47 Å². The van der Waals surface area contributed by atoms with Gasteiger partial charge < -0.3 is 9.47 Å². The van der Waals surface area contributed by atoms with Crippen molar-refractivity contribution in [2.75, 3.05) is 26.4 Å². The smallest absolute Gasteiger partial charge is 0.100 e. The first-order valence-electron chi connectivity index (χ1n) is 22.8. The lowest BCUT2D eigenvalue weighted by Gasteiger charge is -2.08. The maximum absolute atomic E-state index is 14.2. The Morgan fingerprint density at radius 2 is 0.540 bits per heavy atom. The van der Waals surface area contributed by atoms with Crippen LogP contribution in [-0.4, -0.2) is 38.8 Å². The first kappa shape index (κ1) is 49.5. The average Bonchev–Trinajstić information content (AvgIpc) is 3.12. The molecule has 0 amide bonds. The van der Waals surface area contributed by atoms with Gasteiger partial charge in [0.15, 0.2) is 0 Å².